The summed E-state index contributed by atoms with van der Waals surface area (Å²) < 4.78 is 6.55. The molecule has 1 aromatic heterocycles. The van der Waals surface area contributed by atoms with Gasteiger partial charge >= 0.3 is 5.97 Å². The Balaban J connectivity index is 0.00000259. The molecule has 1 aliphatic carbocycles. The van der Waals surface area contributed by atoms with Crippen LogP contribution in [0.2, 0.25) is 0 Å². The van der Waals surface area contributed by atoms with Gasteiger partial charge in [-0.15, -0.1) is 22.6 Å². The highest BCUT2D eigenvalue weighted by atomic mass is 35.5. The lowest BCUT2D eigenvalue weighted by atomic mass is 9.72. The number of carboxylic acid groups (broad SMARTS) is 1. The lowest BCUT2D eigenvalue weighted by Crippen LogP contribution is -2.50. The molecule has 1 aliphatic heterocycles. The number of aromatic amines is 1. The van der Waals surface area contributed by atoms with Crippen LogP contribution in [0.15, 0.2) is 42.5 Å². The van der Waals surface area contributed by atoms with Crippen LogP contribution < -0.4 is 10.1 Å². The van der Waals surface area contributed by atoms with E-state index in [-0.39, 0.29) is 18.5 Å². The van der Waals surface area contributed by atoms with E-state index in [1.165, 1.54) is 5.56 Å². The highest BCUT2D eigenvalue weighted by Crippen LogP contribution is 2.39. The number of H-pyrrole nitrogens is 1. The van der Waals surface area contributed by atoms with Gasteiger partial charge in [-0.2, -0.15) is 5.21 Å². The van der Waals surface area contributed by atoms with E-state index >= 15 is 0 Å². The molecule has 8 nitrogen and oxygen atoms in total. The number of aryl methyl sites for hydroxylation is 1. The van der Waals surface area contributed by atoms with Crippen molar-refractivity contribution in [2.75, 3.05) is 6.54 Å². The summed E-state index contributed by atoms with van der Waals surface area (Å²) in [6.07, 6.45) is 3.52. The predicted molar refractivity (Wildman–Crippen MR) is 126 cm³/mol. The minimum absolute atomic E-state index is 0. The van der Waals surface area contributed by atoms with E-state index in [1.54, 1.807) is 0 Å². The van der Waals surface area contributed by atoms with Crippen LogP contribution in [0.25, 0.3) is 22.5 Å². The van der Waals surface area contributed by atoms with Crippen LogP contribution in [0, 0.1) is 18.8 Å². The second-order valence-corrected chi connectivity index (χ2v) is 8.92. The Morgan fingerprint density at radius 1 is 1.06 bits per heavy atom. The van der Waals surface area contributed by atoms with E-state index in [9.17, 15) is 9.90 Å². The van der Waals surface area contributed by atoms with Crippen LogP contribution >= 0.6 is 12.4 Å². The average Bonchev–Trinajstić information content (AvgIpc) is 3.34. The van der Waals surface area contributed by atoms with Gasteiger partial charge in [0.15, 0.2) is 0 Å². The zero-order valence-electron chi connectivity index (χ0n) is 18.4. The van der Waals surface area contributed by atoms with E-state index in [4.69, 9.17) is 4.74 Å². The molecule has 2 fully saturated rings. The topological polar surface area (TPSA) is 113 Å². The van der Waals surface area contributed by atoms with Gasteiger partial charge in [0.05, 0.1) is 11.7 Å². The van der Waals surface area contributed by atoms with Gasteiger partial charge in [0, 0.05) is 0 Å². The molecule has 2 aliphatic rings. The lowest BCUT2D eigenvalue weighted by molar-refractivity contribution is -0.141. The molecule has 0 radical (unpaired) electrons. The normalized spacial score (nSPS) is 24.4. The number of aromatic nitrogens is 4. The molecule has 33 heavy (non-hydrogen) atoms. The highest BCUT2D eigenvalue weighted by Gasteiger charge is 2.38. The van der Waals surface area contributed by atoms with Crippen molar-refractivity contribution in [2.45, 2.75) is 44.8 Å². The largest absolute Gasteiger partial charge is 0.490 e. The van der Waals surface area contributed by atoms with Gasteiger partial charge in [-0.3, -0.25) is 4.79 Å². The van der Waals surface area contributed by atoms with Crippen molar-refractivity contribution < 1.29 is 14.6 Å². The Morgan fingerprint density at radius 2 is 1.85 bits per heavy atom. The molecule has 4 atom stereocenters. The van der Waals surface area contributed by atoms with Crippen LogP contribution in [0.3, 0.4) is 0 Å². The third-order valence-corrected chi connectivity index (χ3v) is 6.80. The lowest BCUT2D eigenvalue weighted by Gasteiger charge is -2.41. The number of rotatable bonds is 5. The van der Waals surface area contributed by atoms with Crippen LogP contribution in [0.5, 0.6) is 5.75 Å². The van der Waals surface area contributed by atoms with Gasteiger partial charge in [-0.05, 0) is 79.5 Å². The minimum atomic E-state index is -0.767. The molecule has 5 rings (SSSR count). The van der Waals surface area contributed by atoms with E-state index in [0.29, 0.717) is 24.1 Å². The first-order valence-corrected chi connectivity index (χ1v) is 11.1. The van der Waals surface area contributed by atoms with Gasteiger partial charge in [0.1, 0.15) is 11.8 Å². The molecule has 174 valence electrons. The number of aliphatic carboxylic acids is 1. The fraction of sp³-hybridized carbons (Fsp3) is 0.417. The first-order valence-electron chi connectivity index (χ1n) is 11.1. The molecule has 1 saturated heterocycles. The molecular weight excluding hydrogens is 442 g/mol. The number of ether oxygens (including phenoxy) is 1. The first-order chi connectivity index (χ1) is 15.6. The van der Waals surface area contributed by atoms with Crippen LogP contribution in [-0.2, 0) is 4.79 Å². The number of halogens is 1. The Labute approximate surface area is 198 Å². The SMILES string of the molecule is Cc1ccc(-c2ccc(-c3nn[nH]n3)c(OC3CCC4CNC(C(=O)O)CC4C3)c2)cc1.Cl. The second-order valence-electron chi connectivity index (χ2n) is 8.92. The number of nitrogens with zero attached hydrogens (tertiary/aromatic N) is 3. The molecule has 4 unspecified atom stereocenters. The maximum Gasteiger partial charge on any atom is 0.320 e. The number of carbonyl (C=O) groups is 1. The molecule has 0 bridgehead atoms. The molecule has 0 spiro atoms. The van der Waals surface area contributed by atoms with Gasteiger partial charge in [-0.1, -0.05) is 35.9 Å². The van der Waals surface area contributed by atoms with Gasteiger partial charge in [0.2, 0.25) is 5.82 Å². The number of hydrogen-bond acceptors (Lipinski definition) is 6. The molecule has 3 aromatic rings. The van der Waals surface area contributed by atoms with E-state index in [0.717, 1.165) is 48.2 Å². The number of tetrazole rings is 1. The molecule has 3 N–H and O–H groups in total. The molecule has 0 amide bonds. The van der Waals surface area contributed by atoms with Crippen LogP contribution in [0.1, 0.15) is 31.2 Å². The summed E-state index contributed by atoms with van der Waals surface area (Å²) in [6.45, 7) is 2.84. The first kappa shape index (κ1) is 23.2. The summed E-state index contributed by atoms with van der Waals surface area (Å²) >= 11 is 0. The van der Waals surface area contributed by atoms with Crippen molar-refractivity contribution in [3.8, 4) is 28.3 Å². The zero-order chi connectivity index (χ0) is 22.1. The monoisotopic (exact) mass is 469 g/mol. The quantitative estimate of drug-likeness (QED) is 0.519. The van der Waals surface area contributed by atoms with E-state index in [2.05, 4.69) is 57.1 Å². The number of carboxylic acids is 1. The summed E-state index contributed by atoms with van der Waals surface area (Å²) in [5.74, 6) is 1.33. The highest BCUT2D eigenvalue weighted by molar-refractivity contribution is 5.85. The number of fused-ring (bicyclic) bond motifs is 1. The van der Waals surface area contributed by atoms with Crippen molar-refractivity contribution in [1.82, 2.24) is 25.9 Å². The average molecular weight is 470 g/mol. The summed E-state index contributed by atoms with van der Waals surface area (Å²) in [5.41, 5.74) is 4.19. The fourth-order valence-corrected chi connectivity index (χ4v) is 5.00. The van der Waals surface area contributed by atoms with Crippen molar-refractivity contribution in [1.29, 1.82) is 0 Å². The summed E-state index contributed by atoms with van der Waals surface area (Å²) in [4.78, 5) is 11.5. The minimum Gasteiger partial charge on any atom is -0.490 e. The fourth-order valence-electron chi connectivity index (χ4n) is 5.00. The maximum atomic E-state index is 11.5. The van der Waals surface area contributed by atoms with E-state index in [1.807, 2.05) is 18.2 Å². The van der Waals surface area contributed by atoms with Crippen LogP contribution in [0.4, 0.5) is 0 Å². The van der Waals surface area contributed by atoms with Crippen molar-refractivity contribution >= 4 is 18.4 Å². The van der Waals surface area contributed by atoms with Crippen molar-refractivity contribution in [3.05, 3.63) is 48.0 Å². The number of hydrogen-bond donors (Lipinski definition) is 3. The second kappa shape index (κ2) is 9.89. The summed E-state index contributed by atoms with van der Waals surface area (Å²) in [5, 5.41) is 27.1. The molecular formula is C24H28ClN5O3. The number of benzene rings is 2. The van der Waals surface area contributed by atoms with Crippen molar-refractivity contribution in [2.24, 2.45) is 11.8 Å². The van der Waals surface area contributed by atoms with E-state index < -0.39 is 12.0 Å². The van der Waals surface area contributed by atoms with Gasteiger partial charge < -0.3 is 15.2 Å². The smallest absolute Gasteiger partial charge is 0.320 e. The third kappa shape index (κ3) is 5.02. The van der Waals surface area contributed by atoms with Crippen LogP contribution in [-0.4, -0.2) is 50.4 Å². The zero-order valence-corrected chi connectivity index (χ0v) is 19.2. The molecule has 9 heteroatoms. The Morgan fingerprint density at radius 3 is 2.58 bits per heavy atom. The van der Waals surface area contributed by atoms with Gasteiger partial charge in [-0.25, -0.2) is 0 Å². The number of nitrogens with one attached hydrogen (secondary N) is 2. The molecule has 1 saturated carbocycles. The van der Waals surface area contributed by atoms with Gasteiger partial charge in [0.25, 0.3) is 0 Å². The third-order valence-electron chi connectivity index (χ3n) is 6.80. The van der Waals surface area contributed by atoms with Crippen molar-refractivity contribution in [3.63, 3.8) is 0 Å². The predicted octanol–water partition coefficient (Wildman–Crippen LogP) is 3.87. The summed E-state index contributed by atoms with van der Waals surface area (Å²) in [7, 11) is 0. The molecule has 2 heterocycles. The summed E-state index contributed by atoms with van der Waals surface area (Å²) in [6, 6.07) is 14.0. The maximum absolute atomic E-state index is 11.5. The number of piperidine rings is 1. The Bertz CT molecular complexity index is 1090. The Hall–Kier alpha value is -2.97. The standard InChI is InChI=1S/C24H27N5O3.ClH/c1-14-2-4-15(5-3-14)16-7-9-20(23-26-28-29-27-23)22(12-16)32-19-8-6-17-13-25-21(24(30)31)11-18(17)10-19;/h2-5,7,9,12,17-19,21,25H,6,8,10-11,13H2,1H3,(H,30,31)(H,26,27,28,29);1H. The Kier molecular flexibility index (Phi) is 6.95. The molecule has 2 aromatic carbocycles.